The fourth-order valence-electron chi connectivity index (χ4n) is 2.51. The third-order valence-electron chi connectivity index (χ3n) is 3.88. The van der Waals surface area contributed by atoms with E-state index in [1.54, 1.807) is 38.3 Å². The number of carbonyl (C=O) groups excluding carboxylic acids is 1. The van der Waals surface area contributed by atoms with Gasteiger partial charge in [-0.05, 0) is 64.9 Å². The van der Waals surface area contributed by atoms with Gasteiger partial charge in [-0.1, -0.05) is 23.7 Å². The molecule has 0 bridgehead atoms. The number of nitrogens with two attached hydrogens (primary N) is 1. The second kappa shape index (κ2) is 12.2. The Bertz CT molecular complexity index is 849. The van der Waals surface area contributed by atoms with E-state index >= 15 is 0 Å². The van der Waals surface area contributed by atoms with Crippen LogP contribution in [0.4, 0.5) is 5.69 Å². The number of methoxy groups -OCH3 is 1. The summed E-state index contributed by atoms with van der Waals surface area (Å²) >= 11 is 8.49. The summed E-state index contributed by atoms with van der Waals surface area (Å²) in [6.45, 7) is 2.36. The summed E-state index contributed by atoms with van der Waals surface area (Å²) in [6.07, 6.45) is 2.15. The van der Waals surface area contributed by atoms with Crippen LogP contribution in [0, 0.1) is 0 Å². The van der Waals surface area contributed by atoms with E-state index < -0.39 is 12.0 Å². The average molecular weight is 549 g/mol. The fourth-order valence-corrected chi connectivity index (χ4v) is 3.66. The summed E-state index contributed by atoms with van der Waals surface area (Å²) in [5.41, 5.74) is 8.38. The van der Waals surface area contributed by atoms with Gasteiger partial charge in [0.25, 0.3) is 0 Å². The molecule has 2 aromatic carbocycles. The topological polar surface area (TPSA) is 82.8 Å². The molecule has 0 saturated heterocycles. The van der Waals surface area contributed by atoms with E-state index in [0.717, 1.165) is 11.3 Å². The third-order valence-corrected chi connectivity index (χ3v) is 5.19. The van der Waals surface area contributed by atoms with Crippen LogP contribution >= 0.6 is 40.1 Å². The van der Waals surface area contributed by atoms with Crippen LogP contribution in [0.3, 0.4) is 0 Å². The first kappa shape index (κ1) is 23.7. The lowest BCUT2D eigenvalue weighted by atomic mass is 10.1. The number of nitrogens with one attached hydrogen (secondary N) is 1. The van der Waals surface area contributed by atoms with Gasteiger partial charge < -0.3 is 25.0 Å². The van der Waals surface area contributed by atoms with Crippen molar-refractivity contribution in [3.8, 4) is 11.5 Å². The van der Waals surface area contributed by atoms with Gasteiger partial charge in [0.15, 0.2) is 0 Å². The average Bonchev–Trinajstić information content (AvgIpc) is 2.71. The molecule has 0 aliphatic rings. The number of benzene rings is 2. The Morgan fingerprint density at radius 1 is 1.28 bits per heavy atom. The summed E-state index contributed by atoms with van der Waals surface area (Å²) in [5.74, 6) is 0.974. The Labute approximate surface area is 190 Å². The number of esters is 1. The Kier molecular flexibility index (Phi) is 10.0. The Morgan fingerprint density at radius 2 is 1.97 bits per heavy atom. The Balaban J connectivity index is 2.28. The molecule has 2 atom stereocenters. The Morgan fingerprint density at radius 3 is 2.59 bits per heavy atom. The second-order valence-electron chi connectivity index (χ2n) is 5.94. The maximum absolute atomic E-state index is 12.0. The number of hydrogen-bond donors (Lipinski definition) is 2. The maximum Gasteiger partial charge on any atom is 0.326 e. The molecule has 0 heterocycles. The van der Waals surface area contributed by atoms with Gasteiger partial charge in [0, 0.05) is 18.2 Å². The quantitative estimate of drug-likeness (QED) is 0.244. The van der Waals surface area contributed by atoms with Crippen LogP contribution in [-0.2, 0) is 16.0 Å². The molecule has 0 spiro atoms. The van der Waals surface area contributed by atoms with Crippen LogP contribution < -0.4 is 20.3 Å². The number of rotatable bonds is 10. The van der Waals surface area contributed by atoms with Crippen molar-refractivity contribution in [3.63, 3.8) is 0 Å². The molecule has 29 heavy (non-hydrogen) atoms. The zero-order valence-electron chi connectivity index (χ0n) is 16.1. The van der Waals surface area contributed by atoms with Gasteiger partial charge >= 0.3 is 5.97 Å². The van der Waals surface area contributed by atoms with E-state index in [1.807, 2.05) is 24.3 Å². The molecule has 0 amide bonds. The second-order valence-corrected chi connectivity index (χ2v) is 8.03. The molecular weight excluding hydrogens is 526 g/mol. The smallest absolute Gasteiger partial charge is 0.326 e. The number of allylic oxidation sites excluding steroid dienone is 1. The summed E-state index contributed by atoms with van der Waals surface area (Å²) < 4.78 is 15.8. The van der Waals surface area contributed by atoms with E-state index in [4.69, 9.17) is 31.3 Å². The number of carbonyl (C=O) groups is 1. The highest BCUT2D eigenvalue weighted by Gasteiger charge is 2.14. The minimum atomic E-state index is -0.898. The SMILES string of the molecule is CCOC(=O)C(N)/C=C(/Cc1ccc(OPI)cc1)Nc1cc(OC)ccc1Cl. The van der Waals surface area contributed by atoms with Crippen molar-refractivity contribution in [2.75, 3.05) is 19.0 Å². The van der Waals surface area contributed by atoms with Gasteiger partial charge in [0.2, 0.25) is 0 Å². The van der Waals surface area contributed by atoms with E-state index in [0.29, 0.717) is 35.0 Å². The van der Waals surface area contributed by atoms with Crippen molar-refractivity contribution in [2.24, 2.45) is 5.73 Å². The van der Waals surface area contributed by atoms with Crippen LogP contribution in [-0.4, -0.2) is 25.7 Å². The van der Waals surface area contributed by atoms with Crippen molar-refractivity contribution in [2.45, 2.75) is 19.4 Å². The molecule has 6 nitrogen and oxygen atoms in total. The monoisotopic (exact) mass is 548 g/mol. The minimum Gasteiger partial charge on any atom is -0.497 e. The maximum atomic E-state index is 12.0. The zero-order chi connectivity index (χ0) is 21.2. The van der Waals surface area contributed by atoms with Crippen LogP contribution in [0.25, 0.3) is 0 Å². The van der Waals surface area contributed by atoms with Crippen molar-refractivity contribution in [3.05, 3.63) is 64.8 Å². The molecule has 2 rings (SSSR count). The van der Waals surface area contributed by atoms with Crippen molar-refractivity contribution >= 4 is 51.7 Å². The first-order chi connectivity index (χ1) is 14.0. The molecule has 156 valence electrons. The van der Waals surface area contributed by atoms with Crippen molar-refractivity contribution in [1.82, 2.24) is 0 Å². The van der Waals surface area contributed by atoms with Gasteiger partial charge in [-0.15, -0.1) is 0 Å². The van der Waals surface area contributed by atoms with Crippen LogP contribution in [0.15, 0.2) is 54.2 Å². The number of ether oxygens (including phenoxy) is 2. The molecule has 0 radical (unpaired) electrons. The largest absolute Gasteiger partial charge is 0.497 e. The normalized spacial score (nSPS) is 12.7. The van der Waals surface area contributed by atoms with Gasteiger partial charge in [-0.2, -0.15) is 0 Å². The van der Waals surface area contributed by atoms with Gasteiger partial charge in [-0.3, -0.25) is 4.79 Å². The summed E-state index contributed by atoms with van der Waals surface area (Å²) in [5, 5.41) is 3.79. The minimum absolute atomic E-state index is 0.268. The highest BCUT2D eigenvalue weighted by molar-refractivity contribution is 14.2. The summed E-state index contributed by atoms with van der Waals surface area (Å²) in [6, 6.07) is 12.1. The van der Waals surface area contributed by atoms with Gasteiger partial charge in [0.1, 0.15) is 24.0 Å². The predicted molar refractivity (Wildman–Crippen MR) is 127 cm³/mol. The molecule has 0 aliphatic carbocycles. The molecule has 0 fully saturated rings. The molecule has 0 aliphatic heterocycles. The molecule has 2 unspecified atom stereocenters. The molecular formula is C20H23ClIN2O4P. The summed E-state index contributed by atoms with van der Waals surface area (Å²) in [4.78, 5) is 12.0. The number of halogens is 2. The van der Waals surface area contributed by atoms with Crippen molar-refractivity contribution in [1.29, 1.82) is 0 Å². The van der Waals surface area contributed by atoms with Crippen molar-refractivity contribution < 1.29 is 18.8 Å². The third kappa shape index (κ3) is 7.66. The van der Waals surface area contributed by atoms with E-state index in [1.165, 1.54) is 0 Å². The lowest BCUT2D eigenvalue weighted by Crippen LogP contribution is -2.31. The first-order valence-corrected chi connectivity index (χ1v) is 13.2. The molecule has 9 heteroatoms. The predicted octanol–water partition coefficient (Wildman–Crippen LogP) is 5.10. The van der Waals surface area contributed by atoms with Crippen LogP contribution in [0.5, 0.6) is 11.5 Å². The fraction of sp³-hybridized carbons (Fsp3) is 0.250. The van der Waals surface area contributed by atoms with E-state index in [9.17, 15) is 4.79 Å². The highest BCUT2D eigenvalue weighted by atomic mass is 127. The number of hydrogen-bond acceptors (Lipinski definition) is 6. The number of anilines is 1. The molecule has 0 aromatic heterocycles. The van der Waals surface area contributed by atoms with E-state index in [-0.39, 0.29) is 6.61 Å². The summed E-state index contributed by atoms with van der Waals surface area (Å²) in [7, 11) is 1.58. The molecule has 2 aromatic rings. The lowest BCUT2D eigenvalue weighted by Gasteiger charge is -2.16. The molecule has 3 N–H and O–H groups in total. The van der Waals surface area contributed by atoms with Crippen LogP contribution in [0.2, 0.25) is 5.02 Å². The Hall–Kier alpha value is -1.54. The van der Waals surface area contributed by atoms with Gasteiger partial charge in [0.05, 0.1) is 24.4 Å². The molecule has 0 saturated carbocycles. The van der Waals surface area contributed by atoms with Crippen LogP contribution in [0.1, 0.15) is 12.5 Å². The zero-order valence-corrected chi connectivity index (χ0v) is 20.0. The van der Waals surface area contributed by atoms with E-state index in [2.05, 4.69) is 27.4 Å². The highest BCUT2D eigenvalue weighted by Crippen LogP contribution is 2.29. The van der Waals surface area contributed by atoms with Gasteiger partial charge in [-0.25, -0.2) is 0 Å². The standard InChI is InChI=1S/C20H23ClIN2O4P/c1-3-27-20(25)18(23)11-14(10-13-4-6-15(7-5-13)28-29-22)24-19-12-16(26-2)8-9-17(19)21/h4-9,11-12,18,24,29H,3,10,23H2,1-2H3/b14-11-. The lowest BCUT2D eigenvalue weighted by molar-refractivity contribution is -0.143. The first-order valence-electron chi connectivity index (χ1n) is 8.81.